The second kappa shape index (κ2) is 9.01. The molecule has 0 radical (unpaired) electrons. The number of ether oxygens (including phenoxy) is 1. The fraction of sp³-hybridized carbons (Fsp3) is 0.174. The third-order valence-corrected chi connectivity index (χ3v) is 4.45. The monoisotopic (exact) mass is 390 g/mol. The lowest BCUT2D eigenvalue weighted by molar-refractivity contribution is -0.120. The smallest absolute Gasteiger partial charge is 0.338 e. The van der Waals surface area contributed by atoms with E-state index in [9.17, 15) is 9.59 Å². The Hall–Kier alpha value is -3.67. The summed E-state index contributed by atoms with van der Waals surface area (Å²) >= 11 is 0. The van der Waals surface area contributed by atoms with Gasteiger partial charge in [-0.25, -0.2) is 10.2 Å². The zero-order chi connectivity index (χ0) is 20.8. The first-order chi connectivity index (χ1) is 14.0. The van der Waals surface area contributed by atoms with Crippen LogP contribution >= 0.6 is 0 Å². The van der Waals surface area contributed by atoms with Gasteiger partial charge in [-0.05, 0) is 43.2 Å². The van der Waals surface area contributed by atoms with Crippen molar-refractivity contribution in [2.75, 3.05) is 7.11 Å². The van der Waals surface area contributed by atoms with E-state index in [1.54, 1.807) is 30.3 Å². The Balaban J connectivity index is 1.65. The van der Waals surface area contributed by atoms with Crippen LogP contribution in [0.4, 0.5) is 0 Å². The Bertz CT molecular complexity index is 1070. The Morgan fingerprint density at radius 1 is 1.10 bits per heavy atom. The Kier molecular flexibility index (Phi) is 6.24. The number of aryl methyl sites for hydroxylation is 2. The van der Waals surface area contributed by atoms with Crippen molar-refractivity contribution in [3.8, 4) is 11.3 Å². The Morgan fingerprint density at radius 3 is 2.66 bits per heavy atom. The summed E-state index contributed by atoms with van der Waals surface area (Å²) < 4.78 is 10.5. The number of nitrogens with zero attached hydrogens (tertiary/aromatic N) is 1. The zero-order valence-electron chi connectivity index (χ0n) is 16.6. The quantitative estimate of drug-likeness (QED) is 0.391. The van der Waals surface area contributed by atoms with Gasteiger partial charge in [0.05, 0.1) is 25.3 Å². The fourth-order valence-electron chi connectivity index (χ4n) is 2.98. The molecular weight excluding hydrogens is 368 g/mol. The molecule has 3 rings (SSSR count). The number of furan rings is 1. The molecule has 1 N–H and O–H groups in total. The van der Waals surface area contributed by atoms with Crippen molar-refractivity contribution in [3.63, 3.8) is 0 Å². The number of rotatable bonds is 6. The lowest BCUT2D eigenvalue weighted by atomic mass is 10.0. The van der Waals surface area contributed by atoms with Crippen LogP contribution < -0.4 is 5.43 Å². The predicted octanol–water partition coefficient (Wildman–Crippen LogP) is 4.04. The molecular formula is C23H22N2O4. The Morgan fingerprint density at radius 2 is 1.90 bits per heavy atom. The van der Waals surface area contributed by atoms with Crippen molar-refractivity contribution in [2.45, 2.75) is 20.3 Å². The molecule has 0 aliphatic heterocycles. The molecule has 29 heavy (non-hydrogen) atoms. The van der Waals surface area contributed by atoms with E-state index in [-0.39, 0.29) is 12.3 Å². The van der Waals surface area contributed by atoms with Gasteiger partial charge in [-0.15, -0.1) is 0 Å². The maximum Gasteiger partial charge on any atom is 0.338 e. The number of benzene rings is 2. The summed E-state index contributed by atoms with van der Waals surface area (Å²) in [5.74, 6) is 0.308. The number of amides is 1. The molecule has 0 unspecified atom stereocenters. The molecule has 0 fully saturated rings. The molecule has 0 spiro atoms. The molecule has 0 aliphatic carbocycles. The number of hydrogen-bond acceptors (Lipinski definition) is 5. The third kappa shape index (κ3) is 4.99. The van der Waals surface area contributed by atoms with E-state index < -0.39 is 5.97 Å². The molecule has 0 aliphatic rings. The minimum absolute atomic E-state index is 0.212. The highest BCUT2D eigenvalue weighted by atomic mass is 16.5. The van der Waals surface area contributed by atoms with E-state index in [0.717, 1.165) is 16.7 Å². The first kappa shape index (κ1) is 20.1. The van der Waals surface area contributed by atoms with Gasteiger partial charge >= 0.3 is 5.97 Å². The van der Waals surface area contributed by atoms with Gasteiger partial charge in [-0.2, -0.15) is 5.10 Å². The number of hydrogen-bond donors (Lipinski definition) is 1. The van der Waals surface area contributed by atoms with E-state index in [1.807, 2.05) is 38.1 Å². The summed E-state index contributed by atoms with van der Waals surface area (Å²) in [5.41, 5.74) is 6.73. The van der Waals surface area contributed by atoms with Gasteiger partial charge in [0.1, 0.15) is 11.5 Å². The summed E-state index contributed by atoms with van der Waals surface area (Å²) in [6, 6.07) is 16.4. The highest BCUT2D eigenvalue weighted by molar-refractivity contribution is 5.96. The molecule has 1 amide bonds. The summed E-state index contributed by atoms with van der Waals surface area (Å²) in [6.45, 7) is 4.00. The van der Waals surface area contributed by atoms with Gasteiger partial charge in [0.2, 0.25) is 5.91 Å². The van der Waals surface area contributed by atoms with E-state index in [0.29, 0.717) is 22.6 Å². The summed E-state index contributed by atoms with van der Waals surface area (Å²) in [4.78, 5) is 24.0. The molecule has 148 valence electrons. The van der Waals surface area contributed by atoms with Crippen molar-refractivity contribution in [2.24, 2.45) is 5.10 Å². The lowest BCUT2D eigenvalue weighted by Crippen LogP contribution is -2.20. The van der Waals surface area contributed by atoms with Gasteiger partial charge < -0.3 is 9.15 Å². The number of hydrazone groups is 1. The van der Waals surface area contributed by atoms with Crippen molar-refractivity contribution in [1.29, 1.82) is 0 Å². The van der Waals surface area contributed by atoms with Crippen LogP contribution in [0.2, 0.25) is 0 Å². The maximum absolute atomic E-state index is 12.1. The first-order valence-corrected chi connectivity index (χ1v) is 9.13. The minimum atomic E-state index is -0.439. The normalized spacial score (nSPS) is 10.9. The van der Waals surface area contributed by atoms with Crippen molar-refractivity contribution < 1.29 is 18.7 Å². The Labute approximate surface area is 169 Å². The molecule has 2 aromatic carbocycles. The molecule has 6 heteroatoms. The van der Waals surface area contributed by atoms with Gasteiger partial charge in [-0.3, -0.25) is 4.79 Å². The van der Waals surface area contributed by atoms with Crippen LogP contribution in [-0.4, -0.2) is 25.2 Å². The lowest BCUT2D eigenvalue weighted by Gasteiger charge is -2.05. The van der Waals surface area contributed by atoms with Crippen molar-refractivity contribution >= 4 is 18.1 Å². The number of carbonyl (C=O) groups excluding carboxylic acids is 2. The van der Waals surface area contributed by atoms with Crippen molar-refractivity contribution in [3.05, 3.63) is 82.6 Å². The second-order valence-corrected chi connectivity index (χ2v) is 6.64. The van der Waals surface area contributed by atoms with Crippen LogP contribution in [0, 0.1) is 13.8 Å². The SMILES string of the molecule is COC(=O)c1ccccc1-c1ccc(/C=N\NC(=O)Cc2ccc(C)cc2C)o1. The predicted molar refractivity (Wildman–Crippen MR) is 111 cm³/mol. The first-order valence-electron chi connectivity index (χ1n) is 9.13. The van der Waals surface area contributed by atoms with Crippen LogP contribution in [0.25, 0.3) is 11.3 Å². The zero-order valence-corrected chi connectivity index (χ0v) is 16.6. The van der Waals surface area contributed by atoms with E-state index in [4.69, 9.17) is 9.15 Å². The van der Waals surface area contributed by atoms with Gasteiger partial charge in [0.15, 0.2) is 0 Å². The minimum Gasteiger partial charge on any atom is -0.465 e. The number of methoxy groups -OCH3 is 1. The van der Waals surface area contributed by atoms with Crippen LogP contribution in [0.5, 0.6) is 0 Å². The molecule has 6 nitrogen and oxygen atoms in total. The maximum atomic E-state index is 12.1. The average Bonchev–Trinajstić information content (AvgIpc) is 3.18. The topological polar surface area (TPSA) is 80.9 Å². The number of nitrogens with one attached hydrogen (secondary N) is 1. The largest absolute Gasteiger partial charge is 0.465 e. The molecule has 0 atom stereocenters. The van der Waals surface area contributed by atoms with Gasteiger partial charge in [0, 0.05) is 5.56 Å². The third-order valence-electron chi connectivity index (χ3n) is 4.45. The van der Waals surface area contributed by atoms with E-state index >= 15 is 0 Å². The molecule has 1 aromatic heterocycles. The summed E-state index contributed by atoms with van der Waals surface area (Å²) in [7, 11) is 1.33. The van der Waals surface area contributed by atoms with Crippen LogP contribution in [0.3, 0.4) is 0 Å². The molecule has 0 bridgehead atoms. The van der Waals surface area contributed by atoms with Crippen molar-refractivity contribution in [1.82, 2.24) is 5.43 Å². The van der Waals surface area contributed by atoms with Gasteiger partial charge in [0.25, 0.3) is 0 Å². The van der Waals surface area contributed by atoms with Crippen LogP contribution in [0.1, 0.15) is 32.8 Å². The standard InChI is InChI=1S/C23H22N2O4/c1-15-8-9-17(16(2)12-15)13-22(26)25-24-14-18-10-11-21(29-18)19-6-4-5-7-20(19)23(27)28-3/h4-12,14H,13H2,1-3H3,(H,25,26)/b24-14-. The van der Waals surface area contributed by atoms with E-state index in [2.05, 4.69) is 10.5 Å². The summed E-state index contributed by atoms with van der Waals surface area (Å²) in [5, 5.41) is 3.96. The second-order valence-electron chi connectivity index (χ2n) is 6.64. The molecule has 1 heterocycles. The summed E-state index contributed by atoms with van der Waals surface area (Å²) in [6.07, 6.45) is 1.67. The number of esters is 1. The average molecular weight is 390 g/mol. The molecule has 0 saturated carbocycles. The molecule has 3 aromatic rings. The highest BCUT2D eigenvalue weighted by Crippen LogP contribution is 2.26. The molecule has 0 saturated heterocycles. The van der Waals surface area contributed by atoms with Crippen LogP contribution in [-0.2, 0) is 16.0 Å². The number of carbonyl (C=O) groups is 2. The van der Waals surface area contributed by atoms with E-state index in [1.165, 1.54) is 13.3 Å². The highest BCUT2D eigenvalue weighted by Gasteiger charge is 2.15. The van der Waals surface area contributed by atoms with Gasteiger partial charge in [-0.1, -0.05) is 42.0 Å². The fourth-order valence-corrected chi connectivity index (χ4v) is 2.98. The van der Waals surface area contributed by atoms with Crippen LogP contribution in [0.15, 0.2) is 64.1 Å².